The van der Waals surface area contributed by atoms with Gasteiger partial charge in [0, 0.05) is 0 Å². The second-order valence-corrected chi connectivity index (χ2v) is 3.32. The van der Waals surface area contributed by atoms with E-state index in [1.807, 2.05) is 24.3 Å². The van der Waals surface area contributed by atoms with Crippen molar-refractivity contribution in [3.8, 4) is 17.2 Å². The summed E-state index contributed by atoms with van der Waals surface area (Å²) in [5.74, 6) is 2.65. The number of methoxy groups -OCH3 is 1. The van der Waals surface area contributed by atoms with Crippen LogP contribution in [0.1, 0.15) is 5.82 Å². The van der Waals surface area contributed by atoms with Gasteiger partial charge in [0.2, 0.25) is 0 Å². The third kappa shape index (κ3) is 2.92. The SMILES string of the molecule is COc1ccc(Oc2cnc(CN)nc2)cc1. The second kappa shape index (κ2) is 5.27. The van der Waals surface area contributed by atoms with Gasteiger partial charge in [0.15, 0.2) is 5.75 Å². The van der Waals surface area contributed by atoms with Gasteiger partial charge in [-0.3, -0.25) is 0 Å². The van der Waals surface area contributed by atoms with Crippen LogP contribution in [0.5, 0.6) is 17.2 Å². The predicted octanol–water partition coefficient (Wildman–Crippen LogP) is 1.74. The smallest absolute Gasteiger partial charge is 0.164 e. The minimum absolute atomic E-state index is 0.322. The van der Waals surface area contributed by atoms with Crippen molar-refractivity contribution in [3.63, 3.8) is 0 Å². The van der Waals surface area contributed by atoms with E-state index in [-0.39, 0.29) is 0 Å². The topological polar surface area (TPSA) is 70.3 Å². The number of rotatable bonds is 4. The number of hydrogen-bond donors (Lipinski definition) is 1. The Labute approximate surface area is 99.2 Å². The molecule has 2 N–H and O–H groups in total. The molecule has 17 heavy (non-hydrogen) atoms. The molecule has 0 saturated heterocycles. The van der Waals surface area contributed by atoms with E-state index in [0.717, 1.165) is 5.75 Å². The monoisotopic (exact) mass is 231 g/mol. The van der Waals surface area contributed by atoms with Crippen molar-refractivity contribution in [2.45, 2.75) is 6.54 Å². The second-order valence-electron chi connectivity index (χ2n) is 3.32. The molecule has 0 amide bonds. The minimum atomic E-state index is 0.322. The van der Waals surface area contributed by atoms with Crippen molar-refractivity contribution in [3.05, 3.63) is 42.5 Å². The number of nitrogens with zero attached hydrogens (tertiary/aromatic N) is 2. The highest BCUT2D eigenvalue weighted by atomic mass is 16.5. The fourth-order valence-electron chi connectivity index (χ4n) is 1.28. The summed E-state index contributed by atoms with van der Waals surface area (Å²) in [5, 5.41) is 0. The molecule has 1 aromatic heterocycles. The maximum absolute atomic E-state index is 5.56. The summed E-state index contributed by atoms with van der Waals surface area (Å²) in [6, 6.07) is 7.28. The number of aromatic nitrogens is 2. The van der Waals surface area contributed by atoms with Crippen LogP contribution in [0.4, 0.5) is 0 Å². The zero-order chi connectivity index (χ0) is 12.1. The van der Waals surface area contributed by atoms with Crippen molar-refractivity contribution in [2.75, 3.05) is 7.11 Å². The summed E-state index contributed by atoms with van der Waals surface area (Å²) >= 11 is 0. The molecule has 5 nitrogen and oxygen atoms in total. The maximum Gasteiger partial charge on any atom is 0.164 e. The molecule has 2 aromatic rings. The Balaban J connectivity index is 2.08. The van der Waals surface area contributed by atoms with Gasteiger partial charge in [-0.05, 0) is 24.3 Å². The van der Waals surface area contributed by atoms with Gasteiger partial charge in [-0.15, -0.1) is 0 Å². The first-order valence-corrected chi connectivity index (χ1v) is 5.14. The van der Waals surface area contributed by atoms with Crippen molar-refractivity contribution in [1.29, 1.82) is 0 Å². The Morgan fingerprint density at radius 1 is 1.00 bits per heavy atom. The van der Waals surface area contributed by atoms with E-state index in [1.165, 1.54) is 0 Å². The lowest BCUT2D eigenvalue weighted by atomic mass is 10.3. The highest BCUT2D eigenvalue weighted by Crippen LogP contribution is 2.22. The van der Waals surface area contributed by atoms with Crippen LogP contribution in [-0.2, 0) is 6.54 Å². The molecule has 0 aliphatic carbocycles. The fourth-order valence-corrected chi connectivity index (χ4v) is 1.28. The van der Waals surface area contributed by atoms with Crippen molar-refractivity contribution in [2.24, 2.45) is 5.73 Å². The van der Waals surface area contributed by atoms with Crippen LogP contribution in [0.3, 0.4) is 0 Å². The first-order chi connectivity index (χ1) is 8.31. The highest BCUT2D eigenvalue weighted by molar-refractivity contribution is 5.33. The lowest BCUT2D eigenvalue weighted by molar-refractivity contribution is 0.412. The third-order valence-corrected chi connectivity index (χ3v) is 2.16. The Morgan fingerprint density at radius 2 is 1.59 bits per heavy atom. The van der Waals surface area contributed by atoms with Crippen LogP contribution >= 0.6 is 0 Å². The molecular formula is C12H13N3O2. The number of benzene rings is 1. The van der Waals surface area contributed by atoms with E-state index in [0.29, 0.717) is 23.9 Å². The zero-order valence-electron chi connectivity index (χ0n) is 9.46. The summed E-state index contributed by atoms with van der Waals surface area (Å²) in [6.07, 6.45) is 3.19. The molecule has 0 saturated carbocycles. The van der Waals surface area contributed by atoms with E-state index >= 15 is 0 Å². The molecule has 88 valence electrons. The van der Waals surface area contributed by atoms with Crippen LogP contribution < -0.4 is 15.2 Å². The average molecular weight is 231 g/mol. The molecule has 0 atom stereocenters. The fraction of sp³-hybridized carbons (Fsp3) is 0.167. The Bertz CT molecular complexity index is 423. The molecule has 1 heterocycles. The molecule has 0 unspecified atom stereocenters. The molecular weight excluding hydrogens is 218 g/mol. The molecule has 0 spiro atoms. The normalized spacial score (nSPS) is 10.0. The van der Waals surface area contributed by atoms with Crippen LogP contribution in [0.2, 0.25) is 0 Å². The van der Waals surface area contributed by atoms with E-state index in [9.17, 15) is 0 Å². The predicted molar refractivity (Wildman–Crippen MR) is 63.0 cm³/mol. The largest absolute Gasteiger partial charge is 0.497 e. The van der Waals surface area contributed by atoms with Gasteiger partial charge in [0.1, 0.15) is 17.3 Å². The van der Waals surface area contributed by atoms with Crippen molar-refractivity contribution < 1.29 is 9.47 Å². The van der Waals surface area contributed by atoms with Gasteiger partial charge in [-0.1, -0.05) is 0 Å². The average Bonchev–Trinajstić information content (AvgIpc) is 2.40. The molecule has 2 rings (SSSR count). The number of hydrogen-bond acceptors (Lipinski definition) is 5. The first-order valence-electron chi connectivity index (χ1n) is 5.14. The van der Waals surface area contributed by atoms with Gasteiger partial charge < -0.3 is 15.2 Å². The van der Waals surface area contributed by atoms with Gasteiger partial charge in [-0.25, -0.2) is 9.97 Å². The lowest BCUT2D eigenvalue weighted by Gasteiger charge is -2.06. The van der Waals surface area contributed by atoms with E-state index in [1.54, 1.807) is 19.5 Å². The Morgan fingerprint density at radius 3 is 2.12 bits per heavy atom. The van der Waals surface area contributed by atoms with E-state index in [4.69, 9.17) is 15.2 Å². The lowest BCUT2D eigenvalue weighted by Crippen LogP contribution is -2.02. The maximum atomic E-state index is 5.56. The molecule has 0 fully saturated rings. The molecule has 0 aliphatic heterocycles. The quantitative estimate of drug-likeness (QED) is 0.867. The minimum Gasteiger partial charge on any atom is -0.497 e. The van der Waals surface area contributed by atoms with Gasteiger partial charge in [0.25, 0.3) is 0 Å². The van der Waals surface area contributed by atoms with Crippen LogP contribution in [0.15, 0.2) is 36.7 Å². The highest BCUT2D eigenvalue weighted by Gasteiger charge is 1.99. The molecule has 0 radical (unpaired) electrons. The van der Waals surface area contributed by atoms with Gasteiger partial charge in [0.05, 0.1) is 26.0 Å². The summed E-state index contributed by atoms with van der Waals surface area (Å²) in [6.45, 7) is 0.322. The summed E-state index contributed by atoms with van der Waals surface area (Å²) < 4.78 is 10.6. The third-order valence-electron chi connectivity index (χ3n) is 2.16. The van der Waals surface area contributed by atoms with E-state index < -0.39 is 0 Å². The standard InChI is InChI=1S/C12H13N3O2/c1-16-9-2-4-10(5-3-9)17-11-7-14-12(6-13)15-8-11/h2-5,7-8H,6,13H2,1H3. The van der Waals surface area contributed by atoms with Crippen molar-refractivity contribution >= 4 is 0 Å². The van der Waals surface area contributed by atoms with Gasteiger partial charge in [-0.2, -0.15) is 0 Å². The Kier molecular flexibility index (Phi) is 3.52. The van der Waals surface area contributed by atoms with Gasteiger partial charge >= 0.3 is 0 Å². The number of ether oxygens (including phenoxy) is 2. The van der Waals surface area contributed by atoms with Crippen LogP contribution in [0.25, 0.3) is 0 Å². The molecule has 5 heteroatoms. The van der Waals surface area contributed by atoms with Crippen molar-refractivity contribution in [1.82, 2.24) is 9.97 Å². The number of nitrogens with two attached hydrogens (primary N) is 1. The molecule has 0 aliphatic rings. The molecule has 0 bridgehead atoms. The Hall–Kier alpha value is -2.14. The van der Waals surface area contributed by atoms with Crippen LogP contribution in [0, 0.1) is 0 Å². The summed E-state index contributed by atoms with van der Waals surface area (Å²) in [4.78, 5) is 8.08. The van der Waals surface area contributed by atoms with Crippen LogP contribution in [-0.4, -0.2) is 17.1 Å². The first kappa shape index (κ1) is 11.3. The summed E-state index contributed by atoms with van der Waals surface area (Å²) in [7, 11) is 1.62. The molecule has 1 aromatic carbocycles. The zero-order valence-corrected chi connectivity index (χ0v) is 9.46. The summed E-state index contributed by atoms with van der Waals surface area (Å²) in [5.41, 5.74) is 5.40. The van der Waals surface area contributed by atoms with E-state index in [2.05, 4.69) is 9.97 Å².